The average Bonchev–Trinajstić information content (AvgIpc) is 3.26. The number of amides is 2. The second-order valence-electron chi connectivity index (χ2n) is 10.1. The minimum Gasteiger partial charge on any atom is -0.384 e. The first-order valence-electron chi connectivity index (χ1n) is 13.0. The van der Waals surface area contributed by atoms with Crippen LogP contribution < -0.4 is 11.1 Å². The van der Waals surface area contributed by atoms with Gasteiger partial charge in [0, 0.05) is 68.1 Å². The van der Waals surface area contributed by atoms with E-state index in [0.29, 0.717) is 23.6 Å². The highest BCUT2D eigenvalue weighted by Gasteiger charge is 2.35. The van der Waals surface area contributed by atoms with E-state index < -0.39 is 5.92 Å². The Morgan fingerprint density at radius 1 is 1.07 bits per heavy atom. The molecule has 10 heteroatoms. The van der Waals surface area contributed by atoms with E-state index in [1.165, 1.54) is 17.2 Å². The lowest BCUT2D eigenvalue weighted by Gasteiger charge is -2.31. The molecule has 1 fully saturated rings. The zero-order valence-electron chi connectivity index (χ0n) is 22.3. The van der Waals surface area contributed by atoms with Crippen LogP contribution in [0.4, 0.5) is 14.6 Å². The molecule has 0 bridgehead atoms. The van der Waals surface area contributed by atoms with Crippen LogP contribution in [0.1, 0.15) is 40.0 Å². The van der Waals surface area contributed by atoms with Gasteiger partial charge < -0.3 is 20.5 Å². The zero-order chi connectivity index (χ0) is 28.4. The number of fused-ring (bicyclic) bond motifs is 1. The molecular formula is C30H30F2N6O2. The maximum absolute atomic E-state index is 13.5. The molecule has 1 aliphatic rings. The third-order valence-electron chi connectivity index (χ3n) is 7.19. The van der Waals surface area contributed by atoms with Gasteiger partial charge in [0.1, 0.15) is 5.82 Å². The Hall–Kier alpha value is -4.60. The molecule has 0 saturated carbocycles. The largest absolute Gasteiger partial charge is 0.384 e. The highest BCUT2D eigenvalue weighted by atomic mass is 19.3. The van der Waals surface area contributed by atoms with Gasteiger partial charge in [0.15, 0.2) is 0 Å². The molecule has 3 N–H and O–H groups in total. The van der Waals surface area contributed by atoms with Crippen molar-refractivity contribution in [1.29, 1.82) is 0 Å². The summed E-state index contributed by atoms with van der Waals surface area (Å²) in [5, 5.41) is 3.92. The van der Waals surface area contributed by atoms with E-state index >= 15 is 0 Å². The lowest BCUT2D eigenvalue weighted by molar-refractivity contribution is -0.116. The van der Waals surface area contributed by atoms with Crippen molar-refractivity contribution >= 4 is 34.6 Å². The van der Waals surface area contributed by atoms with Gasteiger partial charge >= 0.3 is 0 Å². The van der Waals surface area contributed by atoms with Crippen LogP contribution in [0.2, 0.25) is 0 Å². The van der Waals surface area contributed by atoms with Crippen molar-refractivity contribution in [1.82, 2.24) is 24.8 Å². The van der Waals surface area contributed by atoms with Crippen molar-refractivity contribution in [2.75, 3.05) is 18.8 Å². The Balaban J connectivity index is 1.28. The molecule has 3 aromatic heterocycles. The number of piperidine rings is 1. The van der Waals surface area contributed by atoms with Crippen molar-refractivity contribution in [2.24, 2.45) is 7.05 Å². The quantitative estimate of drug-likeness (QED) is 0.342. The van der Waals surface area contributed by atoms with Gasteiger partial charge in [0.05, 0.1) is 23.3 Å². The van der Waals surface area contributed by atoms with Crippen LogP contribution in [0.15, 0.2) is 60.9 Å². The van der Waals surface area contributed by atoms with Crippen LogP contribution in [-0.2, 0) is 18.4 Å². The number of rotatable bonds is 6. The van der Waals surface area contributed by atoms with E-state index in [0.717, 1.165) is 33.3 Å². The number of aryl methyl sites for hydroxylation is 2. The number of carbonyl (C=O) groups is 2. The van der Waals surface area contributed by atoms with E-state index in [2.05, 4.69) is 19.9 Å². The number of nitrogens with one attached hydrogen (secondary N) is 1. The smallest absolute Gasteiger partial charge is 0.255 e. The summed E-state index contributed by atoms with van der Waals surface area (Å²) in [7, 11) is 1.96. The van der Waals surface area contributed by atoms with Crippen LogP contribution in [0.3, 0.4) is 0 Å². The van der Waals surface area contributed by atoms with E-state index in [1.807, 2.05) is 32.2 Å². The van der Waals surface area contributed by atoms with E-state index in [-0.39, 0.29) is 37.7 Å². The number of nitrogens with zero attached hydrogens (tertiary/aromatic N) is 4. The molecule has 2 amide bonds. The predicted molar refractivity (Wildman–Crippen MR) is 151 cm³/mol. The summed E-state index contributed by atoms with van der Waals surface area (Å²) in [4.78, 5) is 35.1. The van der Waals surface area contributed by atoms with E-state index in [1.54, 1.807) is 36.5 Å². The highest BCUT2D eigenvalue weighted by Crippen LogP contribution is 2.30. The summed E-state index contributed by atoms with van der Waals surface area (Å²) in [5.41, 5.74) is 11.4. The van der Waals surface area contributed by atoms with Crippen LogP contribution in [0.5, 0.6) is 0 Å². The van der Waals surface area contributed by atoms with Gasteiger partial charge in [-0.3, -0.25) is 14.6 Å². The number of aromatic nitrogens is 3. The molecule has 0 spiro atoms. The van der Waals surface area contributed by atoms with Gasteiger partial charge in [-0.05, 0) is 66.6 Å². The summed E-state index contributed by atoms with van der Waals surface area (Å²) >= 11 is 0. The van der Waals surface area contributed by atoms with E-state index in [9.17, 15) is 18.4 Å². The number of likely N-dealkylation sites (tertiary alicyclic amines) is 1. The van der Waals surface area contributed by atoms with Gasteiger partial charge in [-0.25, -0.2) is 13.8 Å². The number of benzene rings is 1. The second-order valence-corrected chi connectivity index (χ2v) is 10.1. The predicted octanol–water partition coefficient (Wildman–Crippen LogP) is 4.73. The molecule has 0 unspecified atom stereocenters. The molecule has 0 aliphatic carbocycles. The van der Waals surface area contributed by atoms with Gasteiger partial charge in [-0.2, -0.15) is 0 Å². The monoisotopic (exact) mass is 544 g/mol. The second kappa shape index (κ2) is 10.9. The van der Waals surface area contributed by atoms with Crippen LogP contribution in [0.25, 0.3) is 28.2 Å². The lowest BCUT2D eigenvalue weighted by Crippen LogP contribution is -2.42. The van der Waals surface area contributed by atoms with Gasteiger partial charge in [-0.1, -0.05) is 0 Å². The fraction of sp³-hybridized carbons (Fsp3) is 0.267. The zero-order valence-corrected chi connectivity index (χ0v) is 22.3. The number of halogens is 2. The molecule has 1 aromatic carbocycles. The molecule has 206 valence electrons. The first-order chi connectivity index (χ1) is 19.1. The average molecular weight is 545 g/mol. The summed E-state index contributed by atoms with van der Waals surface area (Å²) in [5.74, 6) is -2.79. The summed E-state index contributed by atoms with van der Waals surface area (Å²) in [6.45, 7) is 2.44. The van der Waals surface area contributed by atoms with Crippen molar-refractivity contribution in [3.8, 4) is 11.3 Å². The standard InChI is InChI=1S/C30H30F2N6O2/c1-19-13-22(25-6-5-21(17-34-25)29(40)38-11-9-30(31,32)10-12-38)14-23-15-24(37(2)28(19)23)18-36-27(39)8-4-20-3-7-26(33)35-16-20/h3-8,13-17H,9-12,18H2,1-2H3,(H2,33,35)(H,36,39)/b8-4+. The summed E-state index contributed by atoms with van der Waals surface area (Å²) in [6.07, 6.45) is 5.61. The minimum atomic E-state index is -2.70. The van der Waals surface area contributed by atoms with Crippen molar-refractivity contribution < 1.29 is 18.4 Å². The Morgan fingerprint density at radius 3 is 2.52 bits per heavy atom. The fourth-order valence-electron chi connectivity index (χ4n) is 4.95. The number of anilines is 1. The number of carbonyl (C=O) groups excluding carboxylic acids is 2. The minimum absolute atomic E-state index is 0.0383. The fourth-order valence-corrected chi connectivity index (χ4v) is 4.95. The molecule has 4 aromatic rings. The normalized spacial score (nSPS) is 15.1. The third kappa shape index (κ3) is 5.85. The number of nitrogens with two attached hydrogens (primary N) is 1. The Bertz CT molecular complexity index is 1580. The molecule has 40 heavy (non-hydrogen) atoms. The number of hydrogen-bond acceptors (Lipinski definition) is 5. The Morgan fingerprint density at radius 2 is 1.85 bits per heavy atom. The molecule has 5 rings (SSSR count). The molecule has 8 nitrogen and oxygen atoms in total. The lowest BCUT2D eigenvalue weighted by atomic mass is 10.0. The first-order valence-corrected chi connectivity index (χ1v) is 13.0. The molecule has 0 atom stereocenters. The number of pyridine rings is 2. The topological polar surface area (TPSA) is 106 Å². The Kier molecular flexibility index (Phi) is 7.34. The molecule has 1 aliphatic heterocycles. The number of hydrogen-bond donors (Lipinski definition) is 2. The molecular weight excluding hydrogens is 514 g/mol. The van der Waals surface area contributed by atoms with Gasteiger partial charge in [0.25, 0.3) is 11.8 Å². The van der Waals surface area contributed by atoms with Crippen LogP contribution >= 0.6 is 0 Å². The molecule has 1 saturated heterocycles. The molecule has 4 heterocycles. The maximum Gasteiger partial charge on any atom is 0.255 e. The SMILES string of the molecule is Cc1cc(-c2ccc(C(=O)N3CCC(F)(F)CC3)cn2)cc2cc(CNC(=O)/C=C/c3ccc(N)nc3)n(C)c12. The summed E-state index contributed by atoms with van der Waals surface area (Å²) in [6, 6.07) is 13.0. The van der Waals surface area contributed by atoms with Gasteiger partial charge in [-0.15, -0.1) is 0 Å². The van der Waals surface area contributed by atoms with Gasteiger partial charge in [0.2, 0.25) is 5.91 Å². The van der Waals surface area contributed by atoms with Crippen molar-refractivity contribution in [3.63, 3.8) is 0 Å². The van der Waals surface area contributed by atoms with Crippen LogP contribution in [-0.4, -0.2) is 50.3 Å². The first kappa shape index (κ1) is 27.0. The summed E-state index contributed by atoms with van der Waals surface area (Å²) < 4.78 is 29.0. The maximum atomic E-state index is 13.5. The third-order valence-corrected chi connectivity index (χ3v) is 7.19. The molecule has 0 radical (unpaired) electrons. The van der Waals surface area contributed by atoms with Crippen molar-refractivity contribution in [2.45, 2.75) is 32.2 Å². The Labute approximate surface area is 230 Å². The van der Waals surface area contributed by atoms with Crippen LogP contribution in [0, 0.1) is 6.92 Å². The highest BCUT2D eigenvalue weighted by molar-refractivity contribution is 5.95. The van der Waals surface area contributed by atoms with E-state index in [4.69, 9.17) is 5.73 Å². The van der Waals surface area contributed by atoms with Crippen molar-refractivity contribution in [3.05, 3.63) is 83.3 Å². The number of nitrogen functional groups attached to an aromatic ring is 1. The number of alkyl halides is 2.